The molecule has 0 bridgehead atoms. The molecule has 0 amide bonds. The fraction of sp³-hybridized carbons (Fsp3) is 0. The van der Waals surface area contributed by atoms with Gasteiger partial charge >= 0.3 is 0 Å². The zero-order valence-corrected chi connectivity index (χ0v) is 32.5. The molecule has 0 aliphatic carbocycles. The summed E-state index contributed by atoms with van der Waals surface area (Å²) >= 11 is 1.83. The molecule has 0 spiro atoms. The van der Waals surface area contributed by atoms with Crippen LogP contribution in [0, 0.1) is 0 Å². The summed E-state index contributed by atoms with van der Waals surface area (Å²) in [4.78, 5) is 10.4. The number of benzene rings is 9. The summed E-state index contributed by atoms with van der Waals surface area (Å²) in [6.45, 7) is 0. The van der Waals surface area contributed by atoms with Crippen molar-refractivity contribution in [1.29, 1.82) is 0 Å². The molecule has 4 aromatic heterocycles. The maximum Gasteiger partial charge on any atom is 0.160 e. The van der Waals surface area contributed by atoms with Crippen LogP contribution < -0.4 is 0 Å². The summed E-state index contributed by atoms with van der Waals surface area (Å²) in [7, 11) is 0. The van der Waals surface area contributed by atoms with Gasteiger partial charge in [-0.2, -0.15) is 0 Å². The standard InChI is InChI=1S/C54H32N4S/c1-6-18-45-41(17-1)53(56-54(55-45)35-26-29-52-44(31-35)40-16-5-10-23-51(40)59-52)33-24-27-36(28-25-33)57-46-19-7-4-15-39(46)43-30-34-12-11-22-49(42(34)32-50(43)57)58-47-20-8-2-13-37(47)38-14-3-9-21-48(38)58/h1-32H. The Bertz CT molecular complexity index is 3800. The van der Waals surface area contributed by atoms with E-state index in [0.717, 1.165) is 39.2 Å². The van der Waals surface area contributed by atoms with E-state index >= 15 is 0 Å². The second kappa shape index (κ2) is 12.4. The van der Waals surface area contributed by atoms with Gasteiger partial charge < -0.3 is 9.13 Å². The number of thiophene rings is 1. The highest BCUT2D eigenvalue weighted by atomic mass is 32.1. The zero-order valence-electron chi connectivity index (χ0n) is 31.7. The van der Waals surface area contributed by atoms with Crippen LogP contribution in [0.25, 0.3) is 119 Å². The molecule has 4 nitrogen and oxygen atoms in total. The minimum atomic E-state index is 0.730. The maximum absolute atomic E-state index is 5.30. The largest absolute Gasteiger partial charge is 0.309 e. The molecule has 5 heteroatoms. The van der Waals surface area contributed by atoms with Crippen LogP contribution in [0.2, 0.25) is 0 Å². The minimum absolute atomic E-state index is 0.730. The third-order valence-corrected chi connectivity index (χ3v) is 13.3. The van der Waals surface area contributed by atoms with Gasteiger partial charge in [-0.15, -0.1) is 11.3 Å². The number of para-hydroxylation sites is 4. The number of nitrogens with zero attached hydrogens (tertiary/aromatic N) is 4. The van der Waals surface area contributed by atoms with Crippen LogP contribution in [-0.2, 0) is 0 Å². The molecule has 0 N–H and O–H groups in total. The monoisotopic (exact) mass is 768 g/mol. The lowest BCUT2D eigenvalue weighted by Gasteiger charge is -2.14. The molecule has 13 aromatic rings. The first-order valence-electron chi connectivity index (χ1n) is 20.0. The van der Waals surface area contributed by atoms with Crippen molar-refractivity contribution >= 4 is 96.8 Å². The van der Waals surface area contributed by atoms with E-state index in [-0.39, 0.29) is 0 Å². The lowest BCUT2D eigenvalue weighted by atomic mass is 10.0. The predicted octanol–water partition coefficient (Wildman–Crippen LogP) is 14.7. The van der Waals surface area contributed by atoms with Crippen LogP contribution in [0.15, 0.2) is 194 Å². The quantitative estimate of drug-likeness (QED) is 0.179. The molecular weight excluding hydrogens is 737 g/mol. The van der Waals surface area contributed by atoms with Crippen LogP contribution >= 0.6 is 11.3 Å². The second-order valence-corrected chi connectivity index (χ2v) is 16.4. The third-order valence-electron chi connectivity index (χ3n) is 12.1. The van der Waals surface area contributed by atoms with Gasteiger partial charge in [0.05, 0.1) is 39.0 Å². The Morgan fingerprint density at radius 2 is 0.966 bits per heavy atom. The average molecular weight is 769 g/mol. The second-order valence-electron chi connectivity index (χ2n) is 15.4. The van der Waals surface area contributed by atoms with E-state index in [2.05, 4.69) is 203 Å². The van der Waals surface area contributed by atoms with Gasteiger partial charge in [-0.25, -0.2) is 9.97 Å². The number of hydrogen-bond donors (Lipinski definition) is 0. The van der Waals surface area contributed by atoms with Crippen molar-refractivity contribution in [3.8, 4) is 34.0 Å². The molecule has 59 heavy (non-hydrogen) atoms. The molecule has 0 radical (unpaired) electrons. The molecule has 0 fully saturated rings. The van der Waals surface area contributed by atoms with Crippen molar-refractivity contribution in [1.82, 2.24) is 19.1 Å². The first-order valence-corrected chi connectivity index (χ1v) is 20.8. The SMILES string of the molecule is c1cc(-n2c3ccccc3c3ccccc32)c2cc3c(cc2c1)c1ccccc1n3-c1ccc(-c2nc(-c3ccc4sc5ccccc5c4c3)nc3ccccc23)cc1. The van der Waals surface area contributed by atoms with Crippen LogP contribution in [0.3, 0.4) is 0 Å². The molecule has 13 rings (SSSR count). The van der Waals surface area contributed by atoms with Crippen molar-refractivity contribution in [2.24, 2.45) is 0 Å². The van der Waals surface area contributed by atoms with Crippen LogP contribution in [-0.4, -0.2) is 19.1 Å². The molecule has 0 aliphatic rings. The fourth-order valence-corrected chi connectivity index (χ4v) is 10.5. The summed E-state index contributed by atoms with van der Waals surface area (Å²) in [5, 5.41) is 11.0. The van der Waals surface area contributed by atoms with E-state index in [9.17, 15) is 0 Å². The van der Waals surface area contributed by atoms with Gasteiger partial charge in [0, 0.05) is 69.3 Å². The Labute approximate surface area is 342 Å². The van der Waals surface area contributed by atoms with Crippen molar-refractivity contribution in [2.45, 2.75) is 0 Å². The summed E-state index contributed by atoms with van der Waals surface area (Å²) in [5.41, 5.74) is 11.0. The van der Waals surface area contributed by atoms with Crippen LogP contribution in [0.4, 0.5) is 0 Å². The van der Waals surface area contributed by atoms with E-state index < -0.39 is 0 Å². The van der Waals surface area contributed by atoms with Gasteiger partial charge in [0.15, 0.2) is 5.82 Å². The van der Waals surface area contributed by atoms with Gasteiger partial charge in [0.1, 0.15) is 0 Å². The van der Waals surface area contributed by atoms with Gasteiger partial charge in [0.25, 0.3) is 0 Å². The highest BCUT2D eigenvalue weighted by Gasteiger charge is 2.19. The lowest BCUT2D eigenvalue weighted by molar-refractivity contribution is 1.17. The number of aromatic nitrogens is 4. The summed E-state index contributed by atoms with van der Waals surface area (Å²) in [6.07, 6.45) is 0. The van der Waals surface area contributed by atoms with E-state index in [4.69, 9.17) is 9.97 Å². The van der Waals surface area contributed by atoms with Crippen molar-refractivity contribution in [3.05, 3.63) is 194 Å². The molecule has 0 atom stereocenters. The normalized spacial score (nSPS) is 12.1. The zero-order chi connectivity index (χ0) is 38.6. The third kappa shape index (κ3) is 4.83. The molecule has 0 aliphatic heterocycles. The van der Waals surface area contributed by atoms with Crippen molar-refractivity contribution < 1.29 is 0 Å². The van der Waals surface area contributed by atoms with E-state index in [1.807, 2.05) is 11.3 Å². The maximum atomic E-state index is 5.30. The van der Waals surface area contributed by atoms with Gasteiger partial charge in [-0.3, -0.25) is 0 Å². The van der Waals surface area contributed by atoms with Gasteiger partial charge in [-0.05, 0) is 84.2 Å². The average Bonchev–Trinajstić information content (AvgIpc) is 3.95. The number of hydrogen-bond acceptors (Lipinski definition) is 3. The molecule has 0 saturated carbocycles. The number of rotatable bonds is 4. The Morgan fingerprint density at radius 3 is 1.73 bits per heavy atom. The minimum Gasteiger partial charge on any atom is -0.309 e. The van der Waals surface area contributed by atoms with Crippen molar-refractivity contribution in [2.75, 3.05) is 0 Å². The van der Waals surface area contributed by atoms with E-state index in [0.29, 0.717) is 0 Å². The molecule has 0 unspecified atom stereocenters. The highest BCUT2D eigenvalue weighted by molar-refractivity contribution is 7.25. The van der Waals surface area contributed by atoms with Crippen LogP contribution in [0.1, 0.15) is 0 Å². The molecule has 9 aromatic carbocycles. The number of fused-ring (bicyclic) bond motifs is 11. The van der Waals surface area contributed by atoms with Gasteiger partial charge in [-0.1, -0.05) is 115 Å². The molecule has 4 heterocycles. The van der Waals surface area contributed by atoms with Crippen LogP contribution in [0.5, 0.6) is 0 Å². The Balaban J connectivity index is 0.986. The summed E-state index contributed by atoms with van der Waals surface area (Å²) in [6, 6.07) is 70.2. The fourth-order valence-electron chi connectivity index (χ4n) is 9.44. The van der Waals surface area contributed by atoms with E-state index in [1.165, 1.54) is 80.2 Å². The predicted molar refractivity (Wildman–Crippen MR) is 249 cm³/mol. The molecule has 0 saturated heterocycles. The summed E-state index contributed by atoms with van der Waals surface area (Å²) in [5.74, 6) is 0.730. The lowest BCUT2D eigenvalue weighted by Crippen LogP contribution is -1.97. The van der Waals surface area contributed by atoms with Crippen molar-refractivity contribution in [3.63, 3.8) is 0 Å². The topological polar surface area (TPSA) is 35.6 Å². The smallest absolute Gasteiger partial charge is 0.160 e. The Morgan fingerprint density at radius 1 is 0.356 bits per heavy atom. The first kappa shape index (κ1) is 32.5. The van der Waals surface area contributed by atoms with Gasteiger partial charge in [0.2, 0.25) is 0 Å². The first-order chi connectivity index (χ1) is 29.2. The van der Waals surface area contributed by atoms with E-state index in [1.54, 1.807) is 0 Å². The Hall–Kier alpha value is -7.60. The Kier molecular flexibility index (Phi) is 6.85. The highest BCUT2D eigenvalue weighted by Crippen LogP contribution is 2.41. The molecular formula is C54H32N4S. The summed E-state index contributed by atoms with van der Waals surface area (Å²) < 4.78 is 7.41. The molecule has 274 valence electrons.